The van der Waals surface area contributed by atoms with E-state index in [1.54, 1.807) is 0 Å². The van der Waals surface area contributed by atoms with Gasteiger partial charge in [-0.2, -0.15) is 0 Å². The molecule has 19 heavy (non-hydrogen) atoms. The molecule has 0 radical (unpaired) electrons. The van der Waals surface area contributed by atoms with Crippen LogP contribution in [0.3, 0.4) is 0 Å². The Morgan fingerprint density at radius 1 is 1.47 bits per heavy atom. The minimum atomic E-state index is -1.41. The third-order valence-electron chi connectivity index (χ3n) is 3.82. The van der Waals surface area contributed by atoms with Gasteiger partial charge in [-0.3, -0.25) is 0 Å². The van der Waals surface area contributed by atoms with E-state index in [0.717, 1.165) is 0 Å². The lowest BCUT2D eigenvalue weighted by atomic mass is 9.71. The van der Waals surface area contributed by atoms with E-state index in [4.69, 9.17) is 33.7 Å². The maximum atomic E-state index is 12.0. The van der Waals surface area contributed by atoms with Crippen LogP contribution in [0.25, 0.3) is 0 Å². The first-order chi connectivity index (χ1) is 8.70. The van der Waals surface area contributed by atoms with Gasteiger partial charge >= 0.3 is 5.97 Å². The lowest BCUT2D eigenvalue weighted by molar-refractivity contribution is -0.169. The van der Waals surface area contributed by atoms with E-state index in [1.807, 2.05) is 0 Å². The second-order valence-corrected chi connectivity index (χ2v) is 6.14. The van der Waals surface area contributed by atoms with Gasteiger partial charge in [0.15, 0.2) is 5.60 Å². The molecule has 0 bridgehead atoms. The zero-order valence-corrected chi connectivity index (χ0v) is 11.6. The zero-order valence-electron chi connectivity index (χ0n) is 10.1. The van der Waals surface area contributed by atoms with Crippen molar-refractivity contribution in [1.82, 2.24) is 0 Å². The van der Waals surface area contributed by atoms with E-state index < -0.39 is 40.6 Å². The summed E-state index contributed by atoms with van der Waals surface area (Å²) in [7, 11) is 0. The molecule has 1 aliphatic carbocycles. The highest BCUT2D eigenvalue weighted by molar-refractivity contribution is 6.45. The van der Waals surface area contributed by atoms with Gasteiger partial charge in [0.25, 0.3) is 0 Å². The first kappa shape index (κ1) is 14.9. The van der Waals surface area contributed by atoms with Crippen LogP contribution in [0.2, 0.25) is 0 Å². The number of aliphatic hydroxyl groups excluding tert-OH is 3. The summed E-state index contributed by atoms with van der Waals surface area (Å²) in [5.41, 5.74) is 4.46. The maximum absolute atomic E-state index is 12.0. The number of fused-ring (bicyclic) bond motifs is 1. The molecule has 0 aromatic rings. The second-order valence-electron chi connectivity index (χ2n) is 5.05. The van der Waals surface area contributed by atoms with Gasteiger partial charge in [-0.1, -0.05) is 0 Å². The van der Waals surface area contributed by atoms with Crippen LogP contribution in [0, 0.1) is 5.92 Å². The SMILES string of the molecule is C[C@]1(C(Cl)Cl)OC(=O)C2=C(O)C[C@H](O)[C@@H](O)[C@@H]2[C@H]1N. The summed E-state index contributed by atoms with van der Waals surface area (Å²) in [6, 6.07) is -0.952. The zero-order chi connectivity index (χ0) is 14.5. The van der Waals surface area contributed by atoms with Crippen LogP contribution < -0.4 is 5.73 Å². The molecule has 108 valence electrons. The first-order valence-corrected chi connectivity index (χ1v) is 6.62. The number of hydrogen-bond donors (Lipinski definition) is 4. The number of ether oxygens (including phenoxy) is 1. The molecule has 6 nitrogen and oxygen atoms in total. The van der Waals surface area contributed by atoms with Crippen molar-refractivity contribution < 1.29 is 24.9 Å². The van der Waals surface area contributed by atoms with Crippen LogP contribution in [0.15, 0.2) is 11.3 Å². The van der Waals surface area contributed by atoms with Crippen LogP contribution in [-0.2, 0) is 9.53 Å². The van der Waals surface area contributed by atoms with Crippen molar-refractivity contribution in [2.75, 3.05) is 0 Å². The quantitative estimate of drug-likeness (QED) is 0.400. The predicted molar refractivity (Wildman–Crippen MR) is 67.7 cm³/mol. The molecule has 0 aromatic carbocycles. The molecule has 0 saturated carbocycles. The fourth-order valence-corrected chi connectivity index (χ4v) is 2.93. The van der Waals surface area contributed by atoms with E-state index in [9.17, 15) is 20.1 Å². The van der Waals surface area contributed by atoms with Crippen molar-refractivity contribution in [2.24, 2.45) is 11.7 Å². The summed E-state index contributed by atoms with van der Waals surface area (Å²) in [6.07, 6.45) is -2.73. The van der Waals surface area contributed by atoms with Crippen molar-refractivity contribution in [2.45, 2.75) is 42.0 Å². The summed E-state index contributed by atoms with van der Waals surface area (Å²) < 4.78 is 5.13. The molecule has 1 aliphatic heterocycles. The number of hydrogen-bond acceptors (Lipinski definition) is 6. The van der Waals surface area contributed by atoms with Crippen LogP contribution in [-0.4, -0.2) is 50.0 Å². The van der Waals surface area contributed by atoms with Gasteiger partial charge in [0.1, 0.15) is 10.6 Å². The number of aliphatic hydroxyl groups is 3. The van der Waals surface area contributed by atoms with Gasteiger partial charge in [0.2, 0.25) is 0 Å². The Bertz CT molecular complexity index is 441. The average molecular weight is 312 g/mol. The fourth-order valence-electron chi connectivity index (χ4n) is 2.55. The Morgan fingerprint density at radius 2 is 2.05 bits per heavy atom. The molecule has 1 heterocycles. The number of alkyl halides is 2. The molecule has 0 amide bonds. The Labute approximate surface area is 119 Å². The van der Waals surface area contributed by atoms with Gasteiger partial charge in [0, 0.05) is 12.3 Å². The van der Waals surface area contributed by atoms with E-state index in [2.05, 4.69) is 0 Å². The summed E-state index contributed by atoms with van der Waals surface area (Å²) in [5, 5.41) is 29.5. The Balaban J connectivity index is 2.50. The van der Waals surface area contributed by atoms with Crippen molar-refractivity contribution in [3.8, 4) is 0 Å². The average Bonchev–Trinajstić information content (AvgIpc) is 2.30. The smallest absolute Gasteiger partial charge is 0.338 e. The molecule has 5 N–H and O–H groups in total. The lowest BCUT2D eigenvalue weighted by Gasteiger charge is -2.48. The van der Waals surface area contributed by atoms with E-state index in [0.29, 0.717) is 0 Å². The van der Waals surface area contributed by atoms with Crippen LogP contribution in [0.5, 0.6) is 0 Å². The Hall–Kier alpha value is -0.530. The molecular formula is C11H15Cl2NO5. The van der Waals surface area contributed by atoms with Crippen molar-refractivity contribution in [1.29, 1.82) is 0 Å². The monoisotopic (exact) mass is 311 g/mol. The van der Waals surface area contributed by atoms with Crippen molar-refractivity contribution in [3.05, 3.63) is 11.3 Å². The molecular weight excluding hydrogens is 297 g/mol. The molecule has 0 aromatic heterocycles. The molecule has 0 unspecified atom stereocenters. The molecule has 1 saturated heterocycles. The standard InChI is InChI=1S/C11H15Cl2NO5/c1-11(10(12)13)8(14)6-5(9(18)19-11)3(15)2-4(16)7(6)17/h4,6-8,10,15-17H,2,14H2,1H3/t4-,6+,7+,8+,11-/m0/s1. The number of cyclic esters (lactones) is 1. The number of carbonyl (C=O) groups excluding carboxylic acids is 1. The van der Waals surface area contributed by atoms with Gasteiger partial charge in [-0.05, 0) is 6.92 Å². The Kier molecular flexibility index (Phi) is 3.75. The van der Waals surface area contributed by atoms with Crippen LogP contribution in [0.1, 0.15) is 13.3 Å². The highest BCUT2D eigenvalue weighted by Crippen LogP contribution is 2.43. The topological polar surface area (TPSA) is 113 Å². The van der Waals surface area contributed by atoms with Gasteiger partial charge in [-0.25, -0.2) is 4.79 Å². The summed E-state index contributed by atoms with van der Waals surface area (Å²) in [5.74, 6) is -2.13. The van der Waals surface area contributed by atoms with Gasteiger partial charge < -0.3 is 25.8 Å². The normalized spacial score (nSPS) is 43.2. The van der Waals surface area contributed by atoms with Gasteiger partial charge in [0.05, 0.1) is 23.8 Å². The van der Waals surface area contributed by atoms with Gasteiger partial charge in [-0.15, -0.1) is 23.2 Å². The second kappa shape index (κ2) is 4.79. The van der Waals surface area contributed by atoms with Crippen molar-refractivity contribution >= 4 is 29.2 Å². The highest BCUT2D eigenvalue weighted by atomic mass is 35.5. The predicted octanol–water partition coefficient (Wildman–Crippen LogP) is -0.0133. The summed E-state index contributed by atoms with van der Waals surface area (Å²) >= 11 is 11.6. The molecule has 5 atom stereocenters. The number of esters is 1. The number of halogens is 2. The highest BCUT2D eigenvalue weighted by Gasteiger charge is 2.57. The van der Waals surface area contributed by atoms with E-state index >= 15 is 0 Å². The number of nitrogens with two attached hydrogens (primary N) is 1. The molecule has 0 spiro atoms. The summed E-state index contributed by atoms with van der Waals surface area (Å²) in [4.78, 5) is 10.8. The lowest BCUT2D eigenvalue weighted by Crippen LogP contribution is -2.65. The minimum absolute atomic E-state index is 0.114. The van der Waals surface area contributed by atoms with Crippen molar-refractivity contribution in [3.63, 3.8) is 0 Å². The van der Waals surface area contributed by atoms with E-state index in [1.165, 1.54) is 6.92 Å². The largest absolute Gasteiger partial charge is 0.512 e. The fraction of sp³-hybridized carbons (Fsp3) is 0.727. The van der Waals surface area contributed by atoms with Crippen LogP contribution >= 0.6 is 23.2 Å². The first-order valence-electron chi connectivity index (χ1n) is 5.75. The Morgan fingerprint density at radius 3 is 2.58 bits per heavy atom. The molecule has 8 heteroatoms. The number of rotatable bonds is 1. The number of carbonyl (C=O) groups is 1. The van der Waals surface area contributed by atoms with E-state index in [-0.39, 0.29) is 17.8 Å². The molecule has 2 aliphatic rings. The minimum Gasteiger partial charge on any atom is -0.512 e. The third-order valence-corrected chi connectivity index (χ3v) is 4.69. The van der Waals surface area contributed by atoms with Crippen LogP contribution in [0.4, 0.5) is 0 Å². The maximum Gasteiger partial charge on any atom is 0.338 e. The summed E-state index contributed by atoms with van der Waals surface area (Å²) in [6.45, 7) is 1.45. The molecule has 2 rings (SSSR count). The molecule has 1 fully saturated rings. The third kappa shape index (κ3) is 2.11.